The third-order valence-corrected chi connectivity index (χ3v) is 10.7. The van der Waals surface area contributed by atoms with Crippen molar-refractivity contribution in [3.63, 3.8) is 0 Å². The number of carboxylic acids is 1. The van der Waals surface area contributed by atoms with E-state index in [1.54, 1.807) is 26.0 Å². The van der Waals surface area contributed by atoms with Crippen LogP contribution in [0.5, 0.6) is 5.75 Å². The van der Waals surface area contributed by atoms with E-state index >= 15 is 0 Å². The summed E-state index contributed by atoms with van der Waals surface area (Å²) in [7, 11) is 0. The summed E-state index contributed by atoms with van der Waals surface area (Å²) < 4.78 is 13.2. The van der Waals surface area contributed by atoms with Crippen LogP contribution in [0.3, 0.4) is 0 Å². The molecule has 238 valence electrons. The number of ketones is 1. The predicted octanol–water partition coefficient (Wildman–Crippen LogP) is 5.84. The van der Waals surface area contributed by atoms with E-state index in [0.717, 1.165) is 12.8 Å². The van der Waals surface area contributed by atoms with Crippen LogP contribution in [0.15, 0.2) is 12.1 Å². The van der Waals surface area contributed by atoms with Crippen LogP contribution in [0, 0.1) is 30.6 Å². The number of carbonyl (C=O) groups is 2. The van der Waals surface area contributed by atoms with Crippen molar-refractivity contribution in [2.45, 2.75) is 142 Å². The Morgan fingerprint density at radius 2 is 1.79 bits per heavy atom. The quantitative estimate of drug-likeness (QED) is 0.225. The number of aryl methyl sites for hydroxylation is 2. The second-order valence-corrected chi connectivity index (χ2v) is 13.2. The van der Waals surface area contributed by atoms with Crippen LogP contribution in [-0.4, -0.2) is 67.8 Å². The van der Waals surface area contributed by atoms with Gasteiger partial charge in [0.15, 0.2) is 0 Å². The van der Waals surface area contributed by atoms with Crippen molar-refractivity contribution in [1.29, 1.82) is 0 Å². The number of ether oxygens (including phenoxy) is 2. The van der Waals surface area contributed by atoms with Crippen molar-refractivity contribution >= 4 is 11.8 Å². The first-order valence-corrected chi connectivity index (χ1v) is 16.0. The molecule has 0 aromatic heterocycles. The SMILES string of the molecule is CC[C@H](C(=O)[C@H](C)[C@H](O)[C@@H](C)CCc1ccc(C)c(O)c1C(=O)O)[C@@H]1O[C@@](CC)([C@@H]2CC[C@@](O)(CC)[C@@H](C)O2)C[C@H]1C. The first-order valence-electron chi connectivity index (χ1n) is 16.0. The molecule has 3 rings (SSSR count). The number of benzene rings is 1. The van der Waals surface area contributed by atoms with Gasteiger partial charge in [0.1, 0.15) is 17.1 Å². The Balaban J connectivity index is 1.69. The number of carboxylic acid groups (broad SMARTS) is 1. The summed E-state index contributed by atoms with van der Waals surface area (Å²) in [6.07, 6.45) is 3.34. The minimum absolute atomic E-state index is 0.0157. The highest BCUT2D eigenvalue weighted by atomic mass is 16.6. The first kappa shape index (κ1) is 34.5. The molecule has 0 unspecified atom stereocenters. The van der Waals surface area contributed by atoms with Gasteiger partial charge in [0.05, 0.1) is 35.6 Å². The molecular weight excluding hydrogens is 536 g/mol. The van der Waals surface area contributed by atoms with Gasteiger partial charge in [0.25, 0.3) is 0 Å². The molecule has 0 radical (unpaired) electrons. The Bertz CT molecular complexity index is 1100. The van der Waals surface area contributed by atoms with Crippen molar-refractivity contribution in [1.82, 2.24) is 0 Å². The zero-order chi connectivity index (χ0) is 31.6. The third kappa shape index (κ3) is 6.72. The lowest BCUT2D eigenvalue weighted by atomic mass is 9.76. The summed E-state index contributed by atoms with van der Waals surface area (Å²) in [6.45, 7) is 15.4. The molecule has 2 aliphatic rings. The van der Waals surface area contributed by atoms with Crippen LogP contribution in [0.1, 0.15) is 115 Å². The fourth-order valence-corrected chi connectivity index (χ4v) is 7.45. The monoisotopic (exact) mass is 590 g/mol. The number of aliphatic hydroxyl groups is 2. The fraction of sp³-hybridized carbons (Fsp3) is 0.765. The Morgan fingerprint density at radius 3 is 2.33 bits per heavy atom. The van der Waals surface area contributed by atoms with Crippen LogP contribution >= 0.6 is 0 Å². The highest BCUT2D eigenvalue weighted by Crippen LogP contribution is 2.48. The predicted molar refractivity (Wildman–Crippen MR) is 162 cm³/mol. The number of aromatic hydroxyl groups is 1. The van der Waals surface area contributed by atoms with E-state index in [1.165, 1.54) is 0 Å². The molecular formula is C34H54O8. The summed E-state index contributed by atoms with van der Waals surface area (Å²) in [5, 5.41) is 42.1. The molecule has 0 bridgehead atoms. The molecule has 10 atom stereocenters. The Labute approximate surface area is 251 Å². The zero-order valence-corrected chi connectivity index (χ0v) is 26.9. The van der Waals surface area contributed by atoms with Crippen LogP contribution < -0.4 is 0 Å². The van der Waals surface area contributed by atoms with Gasteiger partial charge in [0.2, 0.25) is 0 Å². The van der Waals surface area contributed by atoms with E-state index in [0.29, 0.717) is 49.7 Å². The Hall–Kier alpha value is -2.00. The molecule has 42 heavy (non-hydrogen) atoms. The molecule has 2 saturated heterocycles. The number of phenols is 1. The van der Waals surface area contributed by atoms with Crippen molar-refractivity contribution in [2.24, 2.45) is 23.7 Å². The van der Waals surface area contributed by atoms with E-state index in [9.17, 15) is 30.0 Å². The van der Waals surface area contributed by atoms with E-state index < -0.39 is 29.2 Å². The molecule has 2 heterocycles. The number of aromatic carboxylic acids is 1. The molecule has 1 aromatic carbocycles. The number of carbonyl (C=O) groups excluding carboxylic acids is 1. The molecule has 0 saturated carbocycles. The standard InChI is InChI=1S/C34H54O8/c1-9-25(31-21(6)18-34(11-3,42-31)26-16-17-33(40,10-2)23(8)41-26)30(37)22(7)28(35)19(4)12-14-24-15-13-20(5)29(36)27(24)32(38)39/h13,15,19,21-23,25-26,28,31,35-36,40H,9-12,14,16-18H2,1-8H3,(H,38,39)/t19-,21+,22+,23+,25+,26-,28+,31+,33-,34+/m0/s1. The average molecular weight is 591 g/mol. The first-order chi connectivity index (χ1) is 19.7. The maximum absolute atomic E-state index is 13.9. The Morgan fingerprint density at radius 1 is 1.12 bits per heavy atom. The molecule has 8 heteroatoms. The highest BCUT2D eigenvalue weighted by molar-refractivity contribution is 5.93. The molecule has 1 aromatic rings. The maximum atomic E-state index is 13.9. The van der Waals surface area contributed by atoms with Crippen molar-refractivity contribution in [3.05, 3.63) is 28.8 Å². The van der Waals surface area contributed by atoms with Crippen LogP contribution in [0.25, 0.3) is 0 Å². The number of rotatable bonds is 13. The molecule has 0 aliphatic carbocycles. The van der Waals surface area contributed by atoms with Gasteiger partial charge in [-0.3, -0.25) is 4.79 Å². The van der Waals surface area contributed by atoms with Gasteiger partial charge >= 0.3 is 5.97 Å². The van der Waals surface area contributed by atoms with E-state index in [2.05, 4.69) is 13.8 Å². The molecule has 8 nitrogen and oxygen atoms in total. The lowest BCUT2D eigenvalue weighted by molar-refractivity contribution is -0.229. The third-order valence-electron chi connectivity index (χ3n) is 10.7. The molecule has 2 aliphatic heterocycles. The van der Waals surface area contributed by atoms with Crippen LogP contribution in [-0.2, 0) is 20.7 Å². The smallest absolute Gasteiger partial charge is 0.339 e. The second-order valence-electron chi connectivity index (χ2n) is 13.2. The fourth-order valence-electron chi connectivity index (χ4n) is 7.45. The number of aliphatic hydroxyl groups excluding tert-OH is 1. The van der Waals surface area contributed by atoms with Crippen molar-refractivity contribution in [3.8, 4) is 5.75 Å². The Kier molecular flexibility index (Phi) is 11.3. The summed E-state index contributed by atoms with van der Waals surface area (Å²) in [6, 6.07) is 3.40. The van der Waals surface area contributed by atoms with Gasteiger partial charge < -0.3 is 29.9 Å². The van der Waals surface area contributed by atoms with Crippen LogP contribution in [0.2, 0.25) is 0 Å². The van der Waals surface area contributed by atoms with Gasteiger partial charge in [-0.1, -0.05) is 53.7 Å². The zero-order valence-electron chi connectivity index (χ0n) is 26.9. The molecule has 4 N–H and O–H groups in total. The van der Waals surface area contributed by atoms with Gasteiger partial charge in [-0.25, -0.2) is 4.79 Å². The van der Waals surface area contributed by atoms with Crippen LogP contribution in [0.4, 0.5) is 0 Å². The lowest BCUT2D eigenvalue weighted by Gasteiger charge is -2.47. The minimum atomic E-state index is -1.18. The largest absolute Gasteiger partial charge is 0.507 e. The summed E-state index contributed by atoms with van der Waals surface area (Å²) in [4.78, 5) is 25.7. The molecule has 0 spiro atoms. The topological polar surface area (TPSA) is 134 Å². The lowest BCUT2D eigenvalue weighted by Crippen LogP contribution is -2.55. The number of hydrogen-bond donors (Lipinski definition) is 4. The summed E-state index contributed by atoms with van der Waals surface area (Å²) in [5.74, 6) is -2.55. The van der Waals surface area contributed by atoms with Crippen molar-refractivity contribution in [2.75, 3.05) is 0 Å². The van der Waals surface area contributed by atoms with Gasteiger partial charge in [0, 0.05) is 11.8 Å². The van der Waals surface area contributed by atoms with E-state index in [-0.39, 0.29) is 53.2 Å². The second kappa shape index (κ2) is 13.7. The van der Waals surface area contributed by atoms with E-state index in [4.69, 9.17) is 9.47 Å². The van der Waals surface area contributed by atoms with E-state index in [1.807, 2.05) is 27.7 Å². The maximum Gasteiger partial charge on any atom is 0.339 e. The van der Waals surface area contributed by atoms with Gasteiger partial charge in [-0.2, -0.15) is 0 Å². The highest BCUT2D eigenvalue weighted by Gasteiger charge is 2.55. The summed E-state index contributed by atoms with van der Waals surface area (Å²) in [5.41, 5.74) is -0.437. The number of Topliss-reactive ketones (excluding diaryl/α,β-unsaturated/α-hetero) is 1. The number of hydrogen-bond acceptors (Lipinski definition) is 7. The molecule has 0 amide bonds. The van der Waals surface area contributed by atoms with Gasteiger partial charge in [-0.05, 0) is 88.2 Å². The van der Waals surface area contributed by atoms with Crippen molar-refractivity contribution < 1.29 is 39.5 Å². The molecule has 2 fully saturated rings. The average Bonchev–Trinajstić information content (AvgIpc) is 3.31. The summed E-state index contributed by atoms with van der Waals surface area (Å²) >= 11 is 0. The normalized spacial score (nSPS) is 32.7. The minimum Gasteiger partial charge on any atom is -0.507 e. The van der Waals surface area contributed by atoms with Gasteiger partial charge in [-0.15, -0.1) is 0 Å².